The predicted molar refractivity (Wildman–Crippen MR) is 101 cm³/mol. The Morgan fingerprint density at radius 3 is 2.60 bits per heavy atom. The molecule has 2 heterocycles. The van der Waals surface area contributed by atoms with Crippen LogP contribution in [-0.2, 0) is 6.98 Å². The van der Waals surface area contributed by atoms with Crippen LogP contribution in [0.1, 0.15) is 15.5 Å². The monoisotopic (exact) mass is 330 g/mol. The number of rotatable bonds is 1. The molecule has 0 saturated heterocycles. The molecule has 2 aromatic heterocycles. The van der Waals surface area contributed by atoms with Crippen LogP contribution < -0.4 is 4.57 Å². The van der Waals surface area contributed by atoms with Crippen molar-refractivity contribution >= 4 is 33.0 Å². The minimum Gasteiger partial charge on any atom is -0.452 e. The van der Waals surface area contributed by atoms with Gasteiger partial charge in [-0.2, -0.15) is 4.57 Å². The summed E-state index contributed by atoms with van der Waals surface area (Å²) in [6.45, 7) is 1.59. The molecule has 0 N–H and O–H groups in total. The van der Waals surface area contributed by atoms with E-state index in [1.54, 1.807) is 0 Å². The molecular formula is C22H19N2O+. The van der Waals surface area contributed by atoms with E-state index in [1.807, 2.05) is 66.9 Å². The number of imidazole rings is 1. The summed E-state index contributed by atoms with van der Waals surface area (Å²) in [7, 11) is 0. The molecule has 0 amide bonds. The van der Waals surface area contributed by atoms with E-state index in [2.05, 4.69) is 12.1 Å². The molecule has 0 aliphatic heterocycles. The van der Waals surface area contributed by atoms with Gasteiger partial charge in [0, 0.05) is 23.3 Å². The third-order valence-corrected chi connectivity index (χ3v) is 4.96. The summed E-state index contributed by atoms with van der Waals surface area (Å²) < 4.78 is 33.8. The average Bonchev–Trinajstić information content (AvgIpc) is 3.16. The summed E-state index contributed by atoms with van der Waals surface area (Å²) in [5, 5.41) is 2.07. The molecule has 0 saturated carbocycles. The molecular weight excluding hydrogens is 308 g/mol. The van der Waals surface area contributed by atoms with Crippen LogP contribution in [0.2, 0.25) is 0 Å². The second-order valence-electron chi connectivity index (χ2n) is 6.41. The zero-order chi connectivity index (χ0) is 19.6. The average molecular weight is 330 g/mol. The number of para-hydroxylation sites is 3. The molecule has 5 rings (SSSR count). The number of fused-ring (bicyclic) bond motifs is 4. The molecule has 0 fully saturated rings. The van der Waals surface area contributed by atoms with Crippen LogP contribution in [-0.4, -0.2) is 4.57 Å². The van der Waals surface area contributed by atoms with Gasteiger partial charge in [0.2, 0.25) is 0 Å². The van der Waals surface area contributed by atoms with Crippen LogP contribution in [0.5, 0.6) is 0 Å². The maximum atomic E-state index is 8.04. The van der Waals surface area contributed by atoms with Crippen LogP contribution in [0.25, 0.3) is 38.7 Å². The Bertz CT molecular complexity index is 1380. The largest absolute Gasteiger partial charge is 0.452 e. The van der Waals surface area contributed by atoms with Crippen molar-refractivity contribution in [3.63, 3.8) is 0 Å². The number of nitrogens with zero attached hydrogens (tertiary/aromatic N) is 2. The van der Waals surface area contributed by atoms with Crippen molar-refractivity contribution in [1.82, 2.24) is 4.57 Å². The highest BCUT2D eigenvalue weighted by Gasteiger charge is 2.25. The van der Waals surface area contributed by atoms with Crippen molar-refractivity contribution < 1.29 is 13.1 Å². The van der Waals surface area contributed by atoms with Crippen molar-refractivity contribution in [2.45, 2.75) is 13.8 Å². The maximum absolute atomic E-state index is 8.04. The summed E-state index contributed by atoms with van der Waals surface area (Å²) in [4.78, 5) is 0. The minimum absolute atomic E-state index is 0.636. The van der Waals surface area contributed by atoms with Crippen molar-refractivity contribution in [2.75, 3.05) is 0 Å². The molecule has 0 aliphatic rings. The molecule has 0 radical (unpaired) electrons. The van der Waals surface area contributed by atoms with Crippen LogP contribution >= 0.6 is 0 Å². The van der Waals surface area contributed by atoms with Crippen LogP contribution in [0, 0.1) is 13.8 Å². The van der Waals surface area contributed by atoms with E-state index in [1.165, 1.54) is 4.57 Å². The fraction of sp³-hybridized carbons (Fsp3) is 0.136. The van der Waals surface area contributed by atoms with Gasteiger partial charge in [-0.1, -0.05) is 36.4 Å². The normalized spacial score (nSPS) is 14.1. The van der Waals surface area contributed by atoms with Gasteiger partial charge in [0.05, 0.1) is 11.1 Å². The first kappa shape index (κ1) is 11.5. The van der Waals surface area contributed by atoms with Crippen molar-refractivity contribution in [1.29, 1.82) is 0 Å². The smallest absolute Gasteiger partial charge is 0.259 e. The van der Waals surface area contributed by atoms with E-state index in [-0.39, 0.29) is 0 Å². The van der Waals surface area contributed by atoms with Crippen LogP contribution in [0.4, 0.5) is 0 Å². The predicted octanol–water partition coefficient (Wildman–Crippen LogP) is 4.97. The van der Waals surface area contributed by atoms with Gasteiger partial charge in [-0.15, -0.1) is 0 Å². The van der Waals surface area contributed by atoms with E-state index in [0.717, 1.165) is 38.7 Å². The number of benzene rings is 3. The van der Waals surface area contributed by atoms with Gasteiger partial charge in [0.1, 0.15) is 5.58 Å². The first-order valence-corrected chi connectivity index (χ1v) is 8.32. The zero-order valence-corrected chi connectivity index (χ0v) is 14.1. The Balaban J connectivity index is 1.98. The molecule has 0 spiro atoms. The van der Waals surface area contributed by atoms with E-state index in [9.17, 15) is 0 Å². The molecule has 0 aliphatic carbocycles. The van der Waals surface area contributed by atoms with Gasteiger partial charge >= 0.3 is 0 Å². The van der Waals surface area contributed by atoms with Crippen molar-refractivity contribution in [2.24, 2.45) is 6.98 Å². The molecule has 3 aromatic carbocycles. The number of hydrogen-bond acceptors (Lipinski definition) is 1. The highest BCUT2D eigenvalue weighted by atomic mass is 16.3. The van der Waals surface area contributed by atoms with Gasteiger partial charge in [0.15, 0.2) is 22.3 Å². The molecule has 3 heteroatoms. The first-order valence-electron chi connectivity index (χ1n) is 9.82. The number of aryl methyl sites for hydroxylation is 2. The first-order chi connectivity index (χ1) is 13.4. The zero-order valence-electron chi connectivity index (χ0n) is 17.1. The lowest BCUT2D eigenvalue weighted by molar-refractivity contribution is -0.652. The number of aromatic nitrogens is 2. The maximum Gasteiger partial charge on any atom is 0.259 e. The second kappa shape index (κ2) is 4.96. The molecule has 0 unspecified atom stereocenters. The lowest BCUT2D eigenvalue weighted by Gasteiger charge is -2.05. The van der Waals surface area contributed by atoms with E-state index >= 15 is 0 Å². The fourth-order valence-corrected chi connectivity index (χ4v) is 3.72. The Kier molecular flexibility index (Phi) is 2.28. The summed E-state index contributed by atoms with van der Waals surface area (Å²) >= 11 is 0. The molecule has 122 valence electrons. The van der Waals surface area contributed by atoms with E-state index in [0.29, 0.717) is 11.3 Å². The molecule has 0 bridgehead atoms. The Morgan fingerprint density at radius 2 is 1.72 bits per heavy atom. The quantitative estimate of drug-likeness (QED) is 0.398. The topological polar surface area (TPSA) is 21.9 Å². The van der Waals surface area contributed by atoms with E-state index in [4.69, 9.17) is 8.53 Å². The third-order valence-electron chi connectivity index (χ3n) is 4.96. The van der Waals surface area contributed by atoms with Crippen molar-refractivity contribution in [3.8, 4) is 5.69 Å². The minimum atomic E-state index is -2.27. The highest BCUT2D eigenvalue weighted by molar-refractivity contribution is 6.08. The highest BCUT2D eigenvalue weighted by Crippen LogP contribution is 2.35. The van der Waals surface area contributed by atoms with Gasteiger partial charge in [-0.3, -0.25) is 0 Å². The molecule has 5 aromatic rings. The van der Waals surface area contributed by atoms with Crippen molar-refractivity contribution in [3.05, 3.63) is 72.1 Å². The van der Waals surface area contributed by atoms with Gasteiger partial charge in [-0.25, -0.2) is 4.57 Å². The standard InChI is InChI=1S/C22H19N2O/c1-14-12-13-17-16-8-4-7-11-20(16)25-22(17)21(14)24-15(2)23(3)18-9-5-6-10-19(18)24/h4-13H,1-3H3/q+1/i3D3. The Labute approximate surface area is 149 Å². The molecule has 0 atom stereocenters. The van der Waals surface area contributed by atoms with Crippen LogP contribution in [0.3, 0.4) is 0 Å². The van der Waals surface area contributed by atoms with Gasteiger partial charge in [0.25, 0.3) is 5.82 Å². The Hall–Kier alpha value is -3.07. The summed E-state index contributed by atoms with van der Waals surface area (Å²) in [5.74, 6) is 0.636. The lowest BCUT2D eigenvalue weighted by Crippen LogP contribution is -2.30. The Morgan fingerprint density at radius 1 is 0.920 bits per heavy atom. The summed E-state index contributed by atoms with van der Waals surface area (Å²) in [6, 6.07) is 19.7. The number of furan rings is 1. The third kappa shape index (κ3) is 1.84. The van der Waals surface area contributed by atoms with Gasteiger partial charge in [-0.05, 0) is 31.2 Å². The van der Waals surface area contributed by atoms with Gasteiger partial charge < -0.3 is 4.42 Å². The summed E-state index contributed by atoms with van der Waals surface area (Å²) in [6.07, 6.45) is 0. The SMILES string of the molecule is [2H]C([2H])([2H])[n+]1c(C)n(-c2c(C)ccc3c2oc2ccccc23)c2ccccc21. The second-order valence-corrected chi connectivity index (χ2v) is 6.41. The van der Waals surface area contributed by atoms with Crippen LogP contribution in [0.15, 0.2) is 65.1 Å². The molecule has 3 nitrogen and oxygen atoms in total. The van der Waals surface area contributed by atoms with E-state index < -0.39 is 6.98 Å². The molecule has 25 heavy (non-hydrogen) atoms. The lowest BCUT2D eigenvalue weighted by atomic mass is 10.1. The number of hydrogen-bond donors (Lipinski definition) is 0. The summed E-state index contributed by atoms with van der Waals surface area (Å²) in [5.41, 5.74) is 5.00. The fourth-order valence-electron chi connectivity index (χ4n) is 3.72.